The van der Waals surface area contributed by atoms with Gasteiger partial charge in [-0.2, -0.15) is 0 Å². The summed E-state index contributed by atoms with van der Waals surface area (Å²) in [5.41, 5.74) is 2.41. The van der Waals surface area contributed by atoms with Crippen LogP contribution in [0.15, 0.2) is 48.7 Å². The Hall–Kier alpha value is -3.20. The molecular formula is C25H26ClF3N4O2. The van der Waals surface area contributed by atoms with Crippen LogP contribution in [0.1, 0.15) is 37.2 Å². The highest BCUT2D eigenvalue weighted by Crippen LogP contribution is 2.27. The summed E-state index contributed by atoms with van der Waals surface area (Å²) in [5, 5.41) is 3.28. The lowest BCUT2D eigenvalue weighted by Crippen LogP contribution is -2.32. The lowest BCUT2D eigenvalue weighted by molar-refractivity contribution is -0.274. The number of hydrogen-bond donors (Lipinski definition) is 1. The number of nitrogens with one attached hydrogen (secondary N) is 1. The van der Waals surface area contributed by atoms with E-state index >= 15 is 0 Å². The van der Waals surface area contributed by atoms with Crippen molar-refractivity contribution in [2.24, 2.45) is 11.8 Å². The van der Waals surface area contributed by atoms with Gasteiger partial charge < -0.3 is 10.1 Å². The molecule has 1 unspecified atom stereocenters. The van der Waals surface area contributed by atoms with Crippen LogP contribution in [0.25, 0.3) is 11.5 Å². The van der Waals surface area contributed by atoms with Crippen molar-refractivity contribution < 1.29 is 22.7 Å². The van der Waals surface area contributed by atoms with Gasteiger partial charge in [0.1, 0.15) is 11.4 Å². The van der Waals surface area contributed by atoms with Crippen molar-refractivity contribution in [2.45, 2.75) is 46.5 Å². The molecule has 2 heterocycles. The molecule has 0 saturated carbocycles. The number of aryl methyl sites for hydroxylation is 1. The van der Waals surface area contributed by atoms with Crippen molar-refractivity contribution in [1.82, 2.24) is 20.3 Å². The molecule has 0 aliphatic rings. The number of alkyl halides is 3. The van der Waals surface area contributed by atoms with E-state index in [1.807, 2.05) is 19.9 Å². The molecule has 0 spiro atoms. The molecule has 1 atom stereocenters. The van der Waals surface area contributed by atoms with Gasteiger partial charge in [-0.25, -0.2) is 9.97 Å². The van der Waals surface area contributed by atoms with Gasteiger partial charge in [-0.1, -0.05) is 43.6 Å². The van der Waals surface area contributed by atoms with E-state index in [4.69, 9.17) is 11.6 Å². The van der Waals surface area contributed by atoms with Crippen molar-refractivity contribution in [3.05, 3.63) is 70.6 Å². The first kappa shape index (κ1) is 26.4. The number of amides is 1. The van der Waals surface area contributed by atoms with Crippen LogP contribution in [-0.4, -0.2) is 27.2 Å². The van der Waals surface area contributed by atoms with Gasteiger partial charge in [0.2, 0.25) is 5.91 Å². The normalized spacial score (nSPS) is 12.5. The van der Waals surface area contributed by atoms with Crippen molar-refractivity contribution in [1.29, 1.82) is 0 Å². The standard InChI is InChI=1S/C25H26ClF3N4O2/c1-15(2)12-18(24(34)31-14-17-7-9-19(10-8-17)35-25(27,28)29)13-21-22(26)16(3)32-23(33-21)20-6-4-5-11-30-20/h4-11,15,18H,12-14H2,1-3H3,(H,31,34). The Kier molecular flexibility index (Phi) is 8.67. The number of halogens is 4. The zero-order valence-corrected chi connectivity index (χ0v) is 20.3. The van der Waals surface area contributed by atoms with Crippen LogP contribution in [0.4, 0.5) is 13.2 Å². The highest BCUT2D eigenvalue weighted by molar-refractivity contribution is 6.31. The fourth-order valence-electron chi connectivity index (χ4n) is 3.59. The molecule has 186 valence electrons. The molecule has 0 aliphatic carbocycles. The first-order chi connectivity index (χ1) is 16.5. The van der Waals surface area contributed by atoms with Crippen LogP contribution < -0.4 is 10.1 Å². The van der Waals surface area contributed by atoms with E-state index in [1.54, 1.807) is 25.3 Å². The largest absolute Gasteiger partial charge is 0.573 e. The van der Waals surface area contributed by atoms with E-state index in [1.165, 1.54) is 24.3 Å². The lowest BCUT2D eigenvalue weighted by Gasteiger charge is -2.20. The summed E-state index contributed by atoms with van der Waals surface area (Å²) in [5.74, 6) is -0.246. The van der Waals surface area contributed by atoms with Gasteiger partial charge in [0.05, 0.1) is 16.4 Å². The Morgan fingerprint density at radius 2 is 1.83 bits per heavy atom. The quantitative estimate of drug-likeness (QED) is 0.390. The molecule has 0 fully saturated rings. The molecule has 1 aromatic carbocycles. The number of hydrogen-bond acceptors (Lipinski definition) is 5. The Morgan fingerprint density at radius 3 is 2.43 bits per heavy atom. The molecule has 35 heavy (non-hydrogen) atoms. The van der Waals surface area contributed by atoms with Gasteiger partial charge in [-0.05, 0) is 49.1 Å². The van der Waals surface area contributed by atoms with Crippen molar-refractivity contribution in [2.75, 3.05) is 0 Å². The number of aromatic nitrogens is 3. The summed E-state index contributed by atoms with van der Waals surface area (Å²) in [7, 11) is 0. The molecule has 1 amide bonds. The molecular weight excluding hydrogens is 481 g/mol. The number of carbonyl (C=O) groups excluding carboxylic acids is 1. The van der Waals surface area contributed by atoms with Crippen LogP contribution in [0.5, 0.6) is 5.75 Å². The van der Waals surface area contributed by atoms with E-state index in [9.17, 15) is 18.0 Å². The maximum Gasteiger partial charge on any atom is 0.573 e. The zero-order valence-electron chi connectivity index (χ0n) is 19.6. The molecule has 0 radical (unpaired) electrons. The Labute approximate surface area is 206 Å². The summed E-state index contributed by atoms with van der Waals surface area (Å²) in [6.45, 7) is 5.98. The number of carbonyl (C=O) groups is 1. The summed E-state index contributed by atoms with van der Waals surface area (Å²) in [6.07, 6.45) is -2.19. The molecule has 3 aromatic rings. The summed E-state index contributed by atoms with van der Waals surface area (Å²) < 4.78 is 40.9. The first-order valence-electron chi connectivity index (χ1n) is 11.1. The fraction of sp³-hybridized carbons (Fsp3) is 0.360. The average Bonchev–Trinajstić information content (AvgIpc) is 2.80. The smallest absolute Gasteiger partial charge is 0.406 e. The van der Waals surface area contributed by atoms with Crippen molar-refractivity contribution in [3.63, 3.8) is 0 Å². The number of pyridine rings is 1. The fourth-order valence-corrected chi connectivity index (χ4v) is 3.75. The van der Waals surface area contributed by atoms with E-state index < -0.39 is 12.3 Å². The van der Waals surface area contributed by atoms with Gasteiger partial charge in [0.15, 0.2) is 5.82 Å². The topological polar surface area (TPSA) is 77.0 Å². The van der Waals surface area contributed by atoms with Crippen LogP contribution in [0.2, 0.25) is 5.02 Å². The molecule has 0 bridgehead atoms. The van der Waals surface area contributed by atoms with Crippen LogP contribution in [-0.2, 0) is 17.8 Å². The number of ether oxygens (including phenoxy) is 1. The molecule has 2 aromatic heterocycles. The van der Waals surface area contributed by atoms with Gasteiger partial charge in [-0.15, -0.1) is 13.2 Å². The molecule has 10 heteroatoms. The molecule has 3 rings (SSSR count). The van der Waals surface area contributed by atoms with Gasteiger partial charge in [0, 0.05) is 25.1 Å². The maximum absolute atomic E-state index is 13.1. The average molecular weight is 507 g/mol. The van der Waals surface area contributed by atoms with Crippen LogP contribution in [0, 0.1) is 18.8 Å². The van der Waals surface area contributed by atoms with Crippen LogP contribution >= 0.6 is 11.6 Å². The van der Waals surface area contributed by atoms with Gasteiger partial charge in [-0.3, -0.25) is 9.78 Å². The molecule has 0 saturated heterocycles. The zero-order chi connectivity index (χ0) is 25.6. The predicted molar refractivity (Wildman–Crippen MR) is 127 cm³/mol. The Morgan fingerprint density at radius 1 is 1.11 bits per heavy atom. The number of rotatable bonds is 9. The Balaban J connectivity index is 1.73. The third-order valence-electron chi connectivity index (χ3n) is 5.17. The maximum atomic E-state index is 13.1. The molecule has 1 N–H and O–H groups in total. The first-order valence-corrected chi connectivity index (χ1v) is 11.5. The second-order valence-corrected chi connectivity index (χ2v) is 8.93. The minimum atomic E-state index is -4.75. The van der Waals surface area contributed by atoms with Crippen molar-refractivity contribution >= 4 is 17.5 Å². The van der Waals surface area contributed by atoms with E-state index in [2.05, 4.69) is 25.0 Å². The van der Waals surface area contributed by atoms with Gasteiger partial charge in [0.25, 0.3) is 0 Å². The minimum Gasteiger partial charge on any atom is -0.406 e. The second kappa shape index (κ2) is 11.5. The second-order valence-electron chi connectivity index (χ2n) is 8.55. The third-order valence-corrected chi connectivity index (χ3v) is 5.66. The van der Waals surface area contributed by atoms with Gasteiger partial charge >= 0.3 is 6.36 Å². The molecule has 0 aliphatic heterocycles. The van der Waals surface area contributed by atoms with Crippen LogP contribution in [0.3, 0.4) is 0 Å². The van der Waals surface area contributed by atoms with E-state index in [0.717, 1.165) is 0 Å². The third kappa shape index (κ3) is 7.92. The monoisotopic (exact) mass is 506 g/mol. The highest BCUT2D eigenvalue weighted by Gasteiger charge is 2.31. The summed E-state index contributed by atoms with van der Waals surface area (Å²) >= 11 is 6.50. The molecule has 6 nitrogen and oxygen atoms in total. The SMILES string of the molecule is Cc1nc(-c2ccccn2)nc(CC(CC(C)C)C(=O)NCc2ccc(OC(F)(F)F)cc2)c1Cl. The summed E-state index contributed by atoms with van der Waals surface area (Å²) in [6, 6.07) is 10.8. The van der Waals surface area contributed by atoms with Crippen molar-refractivity contribution in [3.8, 4) is 17.3 Å². The number of benzene rings is 1. The lowest BCUT2D eigenvalue weighted by atomic mass is 9.91. The van der Waals surface area contributed by atoms with E-state index in [-0.39, 0.29) is 24.1 Å². The predicted octanol–water partition coefficient (Wildman–Crippen LogP) is 5.92. The highest BCUT2D eigenvalue weighted by atomic mass is 35.5. The Bertz CT molecular complexity index is 1140. The van der Waals surface area contributed by atoms with E-state index in [0.29, 0.717) is 46.3 Å². The minimum absolute atomic E-state index is 0.162. The summed E-state index contributed by atoms with van der Waals surface area (Å²) in [4.78, 5) is 26.4. The number of nitrogens with zero attached hydrogens (tertiary/aromatic N) is 3.